The number of hydrogen-bond acceptors (Lipinski definition) is 5. The molecule has 2 rings (SSSR count). The number of carbonyl (C=O) groups is 1. The predicted molar refractivity (Wildman–Crippen MR) is 98.8 cm³/mol. The molecular weight excluding hydrogens is 358 g/mol. The number of nitro benzene ring substituents is 1. The summed E-state index contributed by atoms with van der Waals surface area (Å²) < 4.78 is 10.6. The molecule has 0 spiro atoms. The molecule has 2 aromatic rings. The van der Waals surface area contributed by atoms with E-state index in [4.69, 9.17) is 27.5 Å². The summed E-state index contributed by atoms with van der Waals surface area (Å²) in [5.74, 6) is 2.48. The van der Waals surface area contributed by atoms with Crippen LogP contribution in [0.2, 0.25) is 5.02 Å². The van der Waals surface area contributed by atoms with E-state index in [0.717, 1.165) is 0 Å². The van der Waals surface area contributed by atoms with Crippen LogP contribution in [0.4, 0.5) is 5.69 Å². The lowest BCUT2D eigenvalue weighted by Crippen LogP contribution is -2.01. The van der Waals surface area contributed by atoms with E-state index in [1.165, 1.54) is 37.5 Å². The van der Waals surface area contributed by atoms with Crippen molar-refractivity contribution in [2.24, 2.45) is 0 Å². The van der Waals surface area contributed by atoms with Gasteiger partial charge in [-0.15, -0.1) is 6.42 Å². The van der Waals surface area contributed by atoms with E-state index in [-0.39, 0.29) is 22.9 Å². The molecule has 0 bridgehead atoms. The summed E-state index contributed by atoms with van der Waals surface area (Å²) in [6.45, 7) is 0.0292. The number of para-hydroxylation sites is 1. The van der Waals surface area contributed by atoms with Gasteiger partial charge in [0.15, 0.2) is 17.3 Å². The Morgan fingerprint density at radius 1 is 1.38 bits per heavy atom. The van der Waals surface area contributed by atoms with Crippen molar-refractivity contribution in [3.05, 3.63) is 68.7 Å². The fraction of sp³-hybridized carbons (Fsp3) is 0.105. The molecule has 0 heterocycles. The zero-order valence-corrected chi connectivity index (χ0v) is 14.5. The van der Waals surface area contributed by atoms with Gasteiger partial charge < -0.3 is 9.47 Å². The number of hydrogen-bond donors (Lipinski definition) is 0. The standard InChI is InChI=1S/C19H14ClNO5/c1-3-10-26-19-15(20)11-13(12-18(19)25-2)8-9-17(22)14-6-4-5-7-16(14)21(23)24/h1,4-9,11-12H,10H2,2H3/b9-8+. The molecule has 0 aromatic heterocycles. The van der Waals surface area contributed by atoms with Crippen LogP contribution in [0.1, 0.15) is 15.9 Å². The zero-order valence-electron chi connectivity index (χ0n) is 13.8. The van der Waals surface area contributed by atoms with Gasteiger partial charge in [-0.25, -0.2) is 0 Å². The zero-order chi connectivity index (χ0) is 19.1. The number of halogens is 1. The van der Waals surface area contributed by atoms with Crippen LogP contribution < -0.4 is 9.47 Å². The van der Waals surface area contributed by atoms with Crippen molar-refractivity contribution >= 4 is 29.1 Å². The molecule has 0 atom stereocenters. The van der Waals surface area contributed by atoms with E-state index in [1.54, 1.807) is 18.2 Å². The average molecular weight is 372 g/mol. The van der Waals surface area contributed by atoms with E-state index in [9.17, 15) is 14.9 Å². The minimum Gasteiger partial charge on any atom is -0.493 e. The van der Waals surface area contributed by atoms with Gasteiger partial charge in [0.1, 0.15) is 6.61 Å². The van der Waals surface area contributed by atoms with Crippen LogP contribution in [-0.2, 0) is 0 Å². The maximum atomic E-state index is 12.3. The number of terminal acetylenes is 1. The Labute approximate surface area is 155 Å². The molecule has 0 amide bonds. The average Bonchev–Trinajstić information content (AvgIpc) is 2.64. The number of nitro groups is 1. The van der Waals surface area contributed by atoms with Crippen molar-refractivity contribution in [1.29, 1.82) is 0 Å². The number of ketones is 1. The fourth-order valence-corrected chi connectivity index (χ4v) is 2.47. The molecule has 0 saturated carbocycles. The molecule has 6 nitrogen and oxygen atoms in total. The van der Waals surface area contributed by atoms with Crippen molar-refractivity contribution in [1.82, 2.24) is 0 Å². The van der Waals surface area contributed by atoms with Crippen molar-refractivity contribution in [2.45, 2.75) is 0 Å². The summed E-state index contributed by atoms with van der Waals surface area (Å²) in [6, 6.07) is 8.91. The maximum Gasteiger partial charge on any atom is 0.280 e. The first kappa shape index (κ1) is 19.0. The highest BCUT2D eigenvalue weighted by atomic mass is 35.5. The van der Waals surface area contributed by atoms with Gasteiger partial charge in [0.25, 0.3) is 5.69 Å². The first-order valence-electron chi connectivity index (χ1n) is 7.37. The van der Waals surface area contributed by atoms with E-state index in [2.05, 4.69) is 5.92 Å². The SMILES string of the molecule is C#CCOc1c(Cl)cc(/C=C/C(=O)c2ccccc2[N+](=O)[O-])cc1OC. The number of rotatable bonds is 7. The Morgan fingerprint density at radius 3 is 2.77 bits per heavy atom. The third-order valence-electron chi connectivity index (χ3n) is 3.34. The second-order valence-electron chi connectivity index (χ2n) is 5.00. The number of ether oxygens (including phenoxy) is 2. The van der Waals surface area contributed by atoms with Crippen molar-refractivity contribution in [3.8, 4) is 23.8 Å². The van der Waals surface area contributed by atoms with Crippen LogP contribution in [0.15, 0.2) is 42.5 Å². The lowest BCUT2D eigenvalue weighted by molar-refractivity contribution is -0.385. The molecule has 0 radical (unpaired) electrons. The molecule has 0 fully saturated rings. The van der Waals surface area contributed by atoms with Crippen LogP contribution in [0.3, 0.4) is 0 Å². The number of benzene rings is 2. The molecule has 26 heavy (non-hydrogen) atoms. The summed E-state index contributed by atoms with van der Waals surface area (Å²) in [4.78, 5) is 22.7. The minimum atomic E-state index is -0.599. The molecular formula is C19H14ClNO5. The highest BCUT2D eigenvalue weighted by molar-refractivity contribution is 6.32. The van der Waals surface area contributed by atoms with Crippen molar-refractivity contribution in [3.63, 3.8) is 0 Å². The third-order valence-corrected chi connectivity index (χ3v) is 3.63. The number of carbonyl (C=O) groups excluding carboxylic acids is 1. The molecule has 132 valence electrons. The summed E-state index contributed by atoms with van der Waals surface area (Å²) in [7, 11) is 1.44. The number of nitrogens with zero attached hydrogens (tertiary/aromatic N) is 1. The maximum absolute atomic E-state index is 12.3. The highest BCUT2D eigenvalue weighted by Gasteiger charge is 2.17. The molecule has 0 saturated heterocycles. The largest absolute Gasteiger partial charge is 0.493 e. The Bertz CT molecular complexity index is 915. The predicted octanol–water partition coefficient (Wildman–Crippen LogP) is 4.16. The quantitative estimate of drug-likeness (QED) is 0.240. The van der Waals surface area contributed by atoms with Gasteiger partial charge in [0.05, 0.1) is 22.6 Å². The Balaban J connectivity index is 2.31. The monoisotopic (exact) mass is 371 g/mol. The molecule has 0 aliphatic rings. The minimum absolute atomic E-state index is 0.000727. The first-order valence-corrected chi connectivity index (χ1v) is 7.75. The van der Waals surface area contributed by atoms with Gasteiger partial charge in [-0.05, 0) is 29.8 Å². The van der Waals surface area contributed by atoms with E-state index in [1.807, 2.05) is 0 Å². The summed E-state index contributed by atoms with van der Waals surface area (Å²) >= 11 is 6.17. The fourth-order valence-electron chi connectivity index (χ4n) is 2.19. The van der Waals surface area contributed by atoms with E-state index < -0.39 is 10.7 Å². The molecule has 0 aliphatic carbocycles. The second-order valence-corrected chi connectivity index (χ2v) is 5.41. The Kier molecular flexibility index (Phi) is 6.36. The Morgan fingerprint density at radius 2 is 2.12 bits per heavy atom. The van der Waals surface area contributed by atoms with E-state index >= 15 is 0 Å². The normalized spacial score (nSPS) is 10.3. The van der Waals surface area contributed by atoms with Gasteiger partial charge in [0, 0.05) is 6.07 Å². The Hall–Kier alpha value is -3.30. The lowest BCUT2D eigenvalue weighted by Gasteiger charge is -2.11. The van der Waals surface area contributed by atoms with Crippen LogP contribution in [0.25, 0.3) is 6.08 Å². The molecule has 0 N–H and O–H groups in total. The molecule has 2 aromatic carbocycles. The van der Waals surface area contributed by atoms with Gasteiger partial charge in [-0.2, -0.15) is 0 Å². The van der Waals surface area contributed by atoms with Crippen LogP contribution >= 0.6 is 11.6 Å². The first-order chi connectivity index (χ1) is 12.5. The smallest absolute Gasteiger partial charge is 0.280 e. The van der Waals surface area contributed by atoms with Gasteiger partial charge >= 0.3 is 0 Å². The van der Waals surface area contributed by atoms with Crippen LogP contribution in [-0.4, -0.2) is 24.4 Å². The topological polar surface area (TPSA) is 78.7 Å². The highest BCUT2D eigenvalue weighted by Crippen LogP contribution is 2.36. The number of methoxy groups -OCH3 is 1. The number of allylic oxidation sites excluding steroid dienone is 1. The lowest BCUT2D eigenvalue weighted by atomic mass is 10.1. The molecule has 0 unspecified atom stereocenters. The van der Waals surface area contributed by atoms with Gasteiger partial charge in [-0.3, -0.25) is 14.9 Å². The van der Waals surface area contributed by atoms with E-state index in [0.29, 0.717) is 17.1 Å². The summed E-state index contributed by atoms with van der Waals surface area (Å²) in [6.07, 6.45) is 7.88. The third kappa shape index (κ3) is 4.41. The summed E-state index contributed by atoms with van der Waals surface area (Å²) in [5.41, 5.74) is 0.309. The summed E-state index contributed by atoms with van der Waals surface area (Å²) in [5, 5.41) is 11.3. The van der Waals surface area contributed by atoms with Crippen LogP contribution in [0, 0.1) is 22.5 Å². The van der Waals surface area contributed by atoms with Gasteiger partial charge in [-0.1, -0.05) is 35.7 Å². The molecule has 7 heteroatoms. The molecule has 0 aliphatic heterocycles. The van der Waals surface area contributed by atoms with Crippen molar-refractivity contribution < 1.29 is 19.2 Å². The van der Waals surface area contributed by atoms with Crippen LogP contribution in [0.5, 0.6) is 11.5 Å². The second kappa shape index (κ2) is 8.70. The van der Waals surface area contributed by atoms with Gasteiger partial charge in [0.2, 0.25) is 0 Å². The van der Waals surface area contributed by atoms with Crippen molar-refractivity contribution in [2.75, 3.05) is 13.7 Å².